The first-order valence-electron chi connectivity index (χ1n) is 16.5. The number of fused-ring (bicyclic) bond motifs is 3. The van der Waals surface area contributed by atoms with E-state index in [9.17, 15) is 19.2 Å². The van der Waals surface area contributed by atoms with Crippen LogP contribution in [0.2, 0.25) is 18.1 Å². The first-order chi connectivity index (χ1) is 22.0. The molecule has 2 amide bonds. The molecule has 0 spiro atoms. The number of oxazole rings is 1. The fraction of sp³-hybridized carbons (Fsp3) is 0.629. The molecule has 10 nitrogen and oxygen atoms in total. The van der Waals surface area contributed by atoms with Crippen LogP contribution in [0, 0.1) is 11.8 Å². The highest BCUT2D eigenvalue weighted by Gasteiger charge is 2.40. The van der Waals surface area contributed by atoms with Gasteiger partial charge in [-0.05, 0) is 49.9 Å². The highest BCUT2D eigenvalue weighted by molar-refractivity contribution is 6.74. The molecular weight excluding hydrogens is 621 g/mol. The molecule has 260 valence electrons. The normalized spacial score (nSPS) is 28.6. The number of nitrogens with one attached hydrogen (secondary N) is 1. The van der Waals surface area contributed by atoms with Crippen molar-refractivity contribution in [2.24, 2.45) is 11.8 Å². The van der Waals surface area contributed by atoms with E-state index >= 15 is 4.39 Å². The van der Waals surface area contributed by atoms with Crippen molar-refractivity contribution in [3.63, 3.8) is 0 Å². The Bertz CT molecular complexity index is 1350. The lowest BCUT2D eigenvalue weighted by atomic mass is 9.90. The van der Waals surface area contributed by atoms with Crippen molar-refractivity contribution in [3.05, 3.63) is 53.8 Å². The first-order valence-corrected chi connectivity index (χ1v) is 19.5. The molecule has 0 aliphatic carbocycles. The number of nitrogens with zero attached hydrogens (tertiary/aromatic N) is 2. The second-order valence-electron chi connectivity index (χ2n) is 14.4. The molecule has 2 aliphatic rings. The third-order valence-corrected chi connectivity index (χ3v) is 13.6. The van der Waals surface area contributed by atoms with Gasteiger partial charge in [-0.1, -0.05) is 64.5 Å². The molecule has 1 fully saturated rings. The number of esters is 1. The fourth-order valence-corrected chi connectivity index (χ4v) is 6.80. The zero-order valence-electron chi connectivity index (χ0n) is 29.1. The van der Waals surface area contributed by atoms with Crippen LogP contribution in [0.25, 0.3) is 0 Å². The van der Waals surface area contributed by atoms with Crippen LogP contribution in [0.3, 0.4) is 0 Å². The molecule has 1 aromatic heterocycles. The van der Waals surface area contributed by atoms with Crippen LogP contribution in [-0.2, 0) is 30.0 Å². The average molecular weight is 674 g/mol. The number of aldehydes is 1. The van der Waals surface area contributed by atoms with Crippen molar-refractivity contribution >= 4 is 32.4 Å². The van der Waals surface area contributed by atoms with Gasteiger partial charge in [-0.3, -0.25) is 9.59 Å². The monoisotopic (exact) mass is 673 g/mol. The van der Waals surface area contributed by atoms with Gasteiger partial charge in [0.2, 0.25) is 5.91 Å². The molecule has 3 rings (SSSR count). The van der Waals surface area contributed by atoms with E-state index < -0.39 is 50.5 Å². The molecule has 0 radical (unpaired) electrons. The Morgan fingerprint density at radius 1 is 1.21 bits per heavy atom. The highest BCUT2D eigenvalue weighted by atomic mass is 28.4. The van der Waals surface area contributed by atoms with Crippen molar-refractivity contribution in [2.75, 3.05) is 13.1 Å². The summed E-state index contributed by atoms with van der Waals surface area (Å²) in [7, 11) is -2.27. The number of alkyl halides is 1. The lowest BCUT2D eigenvalue weighted by molar-refractivity contribution is -0.158. The van der Waals surface area contributed by atoms with E-state index in [2.05, 4.69) is 44.2 Å². The van der Waals surface area contributed by atoms with Gasteiger partial charge in [0.1, 0.15) is 30.9 Å². The molecule has 1 aromatic rings. The quantitative estimate of drug-likeness (QED) is 0.233. The van der Waals surface area contributed by atoms with Crippen LogP contribution in [-0.4, -0.2) is 79.8 Å². The number of carbonyl (C=O) groups is 4. The van der Waals surface area contributed by atoms with E-state index in [1.165, 1.54) is 17.2 Å². The summed E-state index contributed by atoms with van der Waals surface area (Å²) < 4.78 is 33.7. The lowest BCUT2D eigenvalue weighted by Gasteiger charge is -2.39. The highest BCUT2D eigenvalue weighted by Crippen LogP contribution is 2.38. The summed E-state index contributed by atoms with van der Waals surface area (Å²) in [5.74, 6) is -2.08. The predicted molar refractivity (Wildman–Crippen MR) is 180 cm³/mol. The zero-order valence-corrected chi connectivity index (χ0v) is 30.1. The van der Waals surface area contributed by atoms with Crippen LogP contribution in [0.5, 0.6) is 0 Å². The van der Waals surface area contributed by atoms with E-state index in [4.69, 9.17) is 13.6 Å². The third kappa shape index (κ3) is 10.8. The molecule has 2 bridgehead atoms. The number of amides is 2. The largest absolute Gasteiger partial charge is 0.460 e. The molecule has 5 atom stereocenters. The minimum atomic E-state index is -2.27. The van der Waals surface area contributed by atoms with Gasteiger partial charge in [-0.15, -0.1) is 0 Å². The second kappa shape index (κ2) is 16.6. The Kier molecular flexibility index (Phi) is 13.5. The smallest absolute Gasteiger partial charge is 0.329 e. The SMILES string of the molecule is CC1=C\C(O[Si](C)(C)C(C)(C)C)C[C@@H](F)Cc2nc(co2)C(=O)N2CCC[C@@H]2C(=O)O[C@H](C(C)C)[C@H](CC=O)/C=C/C(=O)NC\C=C\1. The van der Waals surface area contributed by atoms with Crippen LogP contribution >= 0.6 is 0 Å². The molecule has 2 aliphatic heterocycles. The van der Waals surface area contributed by atoms with Gasteiger partial charge < -0.3 is 28.6 Å². The topological polar surface area (TPSA) is 128 Å². The van der Waals surface area contributed by atoms with Crippen LogP contribution < -0.4 is 5.32 Å². The Morgan fingerprint density at radius 2 is 1.94 bits per heavy atom. The van der Waals surface area contributed by atoms with E-state index in [0.29, 0.717) is 19.4 Å². The molecule has 12 heteroatoms. The van der Waals surface area contributed by atoms with E-state index in [1.807, 2.05) is 32.9 Å². The molecule has 0 aromatic carbocycles. The first kappa shape index (κ1) is 38.1. The molecule has 0 saturated carbocycles. The maximum Gasteiger partial charge on any atom is 0.329 e. The van der Waals surface area contributed by atoms with Crippen LogP contribution in [0.15, 0.2) is 46.6 Å². The van der Waals surface area contributed by atoms with Crippen molar-refractivity contribution in [3.8, 4) is 0 Å². The van der Waals surface area contributed by atoms with Gasteiger partial charge in [0.05, 0.1) is 12.5 Å². The number of cyclic esters (lactones) is 1. The number of ether oxygens (including phenoxy) is 1. The Morgan fingerprint density at radius 3 is 2.60 bits per heavy atom. The number of allylic oxidation sites excluding steroid dienone is 2. The Hall–Kier alpha value is -3.38. The summed E-state index contributed by atoms with van der Waals surface area (Å²) in [5.41, 5.74) is 0.842. The molecular formula is C35H52FN3O7Si. The van der Waals surface area contributed by atoms with Gasteiger partial charge in [0.25, 0.3) is 5.91 Å². The molecule has 47 heavy (non-hydrogen) atoms. The van der Waals surface area contributed by atoms with Crippen molar-refractivity contribution in [1.82, 2.24) is 15.2 Å². The maximum absolute atomic E-state index is 15.6. The number of halogens is 1. The van der Waals surface area contributed by atoms with E-state index in [1.54, 1.807) is 12.2 Å². The van der Waals surface area contributed by atoms with Gasteiger partial charge in [0, 0.05) is 31.8 Å². The minimum absolute atomic E-state index is 0.00608. The number of rotatable bonds is 5. The standard InChI is InChI=1S/C35H52FN3O7Si/c1-23(2)32-25(15-18-40)13-14-30(41)37-16-9-11-24(3)19-27(46-47(7,8)35(4,5)6)20-26(36)21-31-38-28(22-44-31)33(42)39-17-10-12-29(39)34(43)45-32/h9,11,13-14,18-19,22-23,25-27,29,32H,10,12,15-17,20-21H2,1-8H3,(H,37,41)/b11-9+,14-13+,24-19+/t25-,26+,27?,29+,32+/m0/s1. The van der Waals surface area contributed by atoms with Crippen LogP contribution in [0.4, 0.5) is 4.39 Å². The number of aromatic nitrogens is 1. The van der Waals surface area contributed by atoms with Gasteiger partial charge in [0.15, 0.2) is 19.9 Å². The van der Waals surface area contributed by atoms with Crippen molar-refractivity contribution < 1.29 is 37.1 Å². The van der Waals surface area contributed by atoms with Crippen molar-refractivity contribution in [1.29, 1.82) is 0 Å². The van der Waals surface area contributed by atoms with Gasteiger partial charge in [-0.2, -0.15) is 0 Å². The summed E-state index contributed by atoms with van der Waals surface area (Å²) in [6, 6.07) is -0.848. The average Bonchev–Trinajstić information content (AvgIpc) is 3.65. The van der Waals surface area contributed by atoms with Crippen molar-refractivity contribution in [2.45, 2.75) is 116 Å². The molecule has 1 saturated heterocycles. The summed E-state index contributed by atoms with van der Waals surface area (Å²) in [5, 5.41) is 2.70. The summed E-state index contributed by atoms with van der Waals surface area (Å²) in [6.45, 7) is 16.8. The minimum Gasteiger partial charge on any atom is -0.460 e. The Labute approximate surface area is 279 Å². The number of hydrogen-bond donors (Lipinski definition) is 1. The molecule has 1 N–H and O–H groups in total. The Balaban J connectivity index is 1.96. The molecule has 3 heterocycles. The van der Waals surface area contributed by atoms with Gasteiger partial charge >= 0.3 is 5.97 Å². The summed E-state index contributed by atoms with van der Waals surface area (Å²) >= 11 is 0. The zero-order chi connectivity index (χ0) is 34.9. The van der Waals surface area contributed by atoms with Gasteiger partial charge in [-0.25, -0.2) is 14.2 Å². The van der Waals surface area contributed by atoms with Crippen LogP contribution in [0.1, 0.15) is 83.6 Å². The summed E-state index contributed by atoms with van der Waals surface area (Å²) in [4.78, 5) is 56.9. The lowest BCUT2D eigenvalue weighted by Crippen LogP contribution is -2.44. The maximum atomic E-state index is 15.6. The third-order valence-electron chi connectivity index (χ3n) is 9.11. The number of hydrogen-bond acceptors (Lipinski definition) is 8. The van der Waals surface area contributed by atoms with E-state index in [0.717, 1.165) is 11.9 Å². The van der Waals surface area contributed by atoms with E-state index in [-0.39, 0.29) is 54.3 Å². The predicted octanol–water partition coefficient (Wildman–Crippen LogP) is 5.90. The fourth-order valence-electron chi connectivity index (χ4n) is 5.52. The summed E-state index contributed by atoms with van der Waals surface area (Å²) in [6.07, 6.45) is 8.77. The second-order valence-corrected chi connectivity index (χ2v) is 19.1. The number of carbonyl (C=O) groups excluding carboxylic acids is 4. The molecule has 1 unspecified atom stereocenters.